The Labute approximate surface area is 190 Å². The normalized spacial score (nSPS) is 11.5. The molecule has 0 spiro atoms. The van der Waals surface area contributed by atoms with E-state index in [-0.39, 0.29) is 16.1 Å². The molecular formula is C20H23N5O3S3. The second-order valence-electron chi connectivity index (χ2n) is 7.22. The van der Waals surface area contributed by atoms with Crippen LogP contribution in [-0.4, -0.2) is 35.2 Å². The van der Waals surface area contributed by atoms with Gasteiger partial charge in [-0.1, -0.05) is 13.8 Å². The van der Waals surface area contributed by atoms with Gasteiger partial charge in [-0.3, -0.25) is 4.79 Å². The summed E-state index contributed by atoms with van der Waals surface area (Å²) in [5, 5.41) is 4.90. The highest BCUT2D eigenvalue weighted by Crippen LogP contribution is 2.27. The van der Waals surface area contributed by atoms with Gasteiger partial charge in [-0.2, -0.15) is 0 Å². The maximum absolute atomic E-state index is 13.2. The van der Waals surface area contributed by atoms with Gasteiger partial charge in [0.05, 0.1) is 4.90 Å². The van der Waals surface area contributed by atoms with Crippen LogP contribution in [0.3, 0.4) is 0 Å². The number of rotatable bonds is 7. The molecule has 0 aliphatic heterocycles. The van der Waals surface area contributed by atoms with Gasteiger partial charge in [0.25, 0.3) is 15.3 Å². The highest BCUT2D eigenvalue weighted by molar-refractivity contribution is 8.13. The third kappa shape index (κ3) is 6.02. The maximum atomic E-state index is 13.2. The van der Waals surface area contributed by atoms with E-state index in [0.717, 1.165) is 23.1 Å². The Balaban J connectivity index is 1.74. The van der Waals surface area contributed by atoms with Crippen molar-refractivity contribution in [2.75, 3.05) is 16.2 Å². The Morgan fingerprint density at radius 1 is 1.16 bits per heavy atom. The first-order chi connectivity index (χ1) is 14.6. The number of aromatic nitrogens is 3. The molecule has 2 aromatic heterocycles. The summed E-state index contributed by atoms with van der Waals surface area (Å²) in [6, 6.07) is 7.90. The quantitative estimate of drug-likeness (QED) is 0.387. The average Bonchev–Trinajstić information content (AvgIpc) is 3.19. The Morgan fingerprint density at radius 2 is 1.81 bits per heavy atom. The van der Waals surface area contributed by atoms with E-state index in [2.05, 4.69) is 20.3 Å². The summed E-state index contributed by atoms with van der Waals surface area (Å²) >= 11 is 2.15. The maximum Gasteiger partial charge on any atom is 0.291 e. The van der Waals surface area contributed by atoms with Crippen molar-refractivity contribution in [2.24, 2.45) is 5.92 Å². The van der Waals surface area contributed by atoms with E-state index >= 15 is 0 Å². The number of amides is 1. The molecule has 1 N–H and O–H groups in total. The summed E-state index contributed by atoms with van der Waals surface area (Å²) in [4.78, 5) is 25.1. The molecule has 0 saturated carbocycles. The number of thiazole rings is 1. The van der Waals surface area contributed by atoms with Gasteiger partial charge in [-0.05, 0) is 50.1 Å². The molecule has 0 atom stereocenters. The Hall–Kier alpha value is -2.50. The number of thioether (sulfide) groups is 1. The molecule has 164 valence electrons. The van der Waals surface area contributed by atoms with Crippen LogP contribution in [0.4, 0.5) is 15.6 Å². The van der Waals surface area contributed by atoms with E-state index in [4.69, 9.17) is 0 Å². The Kier molecular flexibility index (Phi) is 7.29. The van der Waals surface area contributed by atoms with Crippen LogP contribution in [0.5, 0.6) is 0 Å². The highest BCUT2D eigenvalue weighted by atomic mass is 32.2. The molecule has 2 heterocycles. The standard InChI is InChI=1S/C20H23N5O3S3/c1-13(2)12-25(19-21-9-10-29-19)31(27,28)17-7-5-16(6-8-17)24-20(26)30-18-22-14(3)11-15(4)23-18/h5-11,13H,12H2,1-4H3,(H,24,26). The number of nitrogens with one attached hydrogen (secondary N) is 1. The predicted octanol–water partition coefficient (Wildman–Crippen LogP) is 4.73. The monoisotopic (exact) mass is 477 g/mol. The van der Waals surface area contributed by atoms with Crippen molar-refractivity contribution in [1.82, 2.24) is 15.0 Å². The van der Waals surface area contributed by atoms with Crippen LogP contribution < -0.4 is 9.62 Å². The molecule has 1 aromatic carbocycles. The smallest absolute Gasteiger partial charge is 0.291 e. The van der Waals surface area contributed by atoms with Crippen molar-refractivity contribution >= 4 is 49.2 Å². The Bertz CT molecular complexity index is 1130. The molecule has 1 amide bonds. The minimum Gasteiger partial charge on any atom is -0.316 e. The third-order valence-corrected chi connectivity index (χ3v) is 7.33. The summed E-state index contributed by atoms with van der Waals surface area (Å²) in [5.41, 5.74) is 2.04. The number of sulfonamides is 1. The van der Waals surface area contributed by atoms with Crippen molar-refractivity contribution in [3.63, 3.8) is 0 Å². The lowest BCUT2D eigenvalue weighted by Crippen LogP contribution is -2.34. The first kappa shape index (κ1) is 23.2. The zero-order valence-corrected chi connectivity index (χ0v) is 20.0. The zero-order chi connectivity index (χ0) is 22.6. The van der Waals surface area contributed by atoms with Crippen LogP contribution in [0.1, 0.15) is 25.2 Å². The van der Waals surface area contributed by atoms with Crippen molar-refractivity contribution in [2.45, 2.75) is 37.7 Å². The van der Waals surface area contributed by atoms with Gasteiger partial charge in [-0.25, -0.2) is 27.7 Å². The zero-order valence-electron chi connectivity index (χ0n) is 17.6. The number of hydrogen-bond acceptors (Lipinski definition) is 8. The van der Waals surface area contributed by atoms with Gasteiger partial charge in [-0.15, -0.1) is 11.3 Å². The largest absolute Gasteiger partial charge is 0.316 e. The third-order valence-electron chi connectivity index (χ3n) is 4.00. The average molecular weight is 478 g/mol. The molecule has 0 radical (unpaired) electrons. The molecule has 0 aliphatic carbocycles. The van der Waals surface area contributed by atoms with E-state index < -0.39 is 10.0 Å². The summed E-state index contributed by atoms with van der Waals surface area (Å²) in [6.45, 7) is 7.90. The summed E-state index contributed by atoms with van der Waals surface area (Å²) < 4.78 is 27.7. The molecule has 3 aromatic rings. The van der Waals surface area contributed by atoms with Gasteiger partial charge in [0.2, 0.25) is 0 Å². The number of benzene rings is 1. The molecule has 11 heteroatoms. The second kappa shape index (κ2) is 9.75. The van der Waals surface area contributed by atoms with Gasteiger partial charge in [0.15, 0.2) is 10.3 Å². The number of hydrogen-bond donors (Lipinski definition) is 1. The summed E-state index contributed by atoms with van der Waals surface area (Å²) in [5.74, 6) is 0.127. The molecule has 0 unspecified atom stereocenters. The van der Waals surface area contributed by atoms with E-state index in [0.29, 0.717) is 22.5 Å². The van der Waals surface area contributed by atoms with Gasteiger partial charge >= 0.3 is 0 Å². The van der Waals surface area contributed by atoms with Gasteiger partial charge < -0.3 is 5.32 Å². The van der Waals surface area contributed by atoms with E-state index in [1.807, 2.05) is 33.8 Å². The SMILES string of the molecule is Cc1cc(C)nc(SC(=O)Nc2ccc(S(=O)(=O)N(CC(C)C)c3nccs3)cc2)n1. The molecule has 8 nitrogen and oxygen atoms in total. The van der Waals surface area contributed by atoms with Crippen molar-refractivity contribution in [3.05, 3.63) is 53.3 Å². The van der Waals surface area contributed by atoms with Crippen LogP contribution in [-0.2, 0) is 10.0 Å². The highest BCUT2D eigenvalue weighted by Gasteiger charge is 2.27. The second-order valence-corrected chi connectivity index (χ2v) is 10.9. The van der Waals surface area contributed by atoms with Crippen LogP contribution in [0.25, 0.3) is 0 Å². The molecule has 3 rings (SSSR count). The van der Waals surface area contributed by atoms with Crippen LogP contribution in [0.2, 0.25) is 0 Å². The Morgan fingerprint density at radius 3 is 2.35 bits per heavy atom. The summed E-state index contributed by atoms with van der Waals surface area (Å²) in [6.07, 6.45) is 1.58. The number of anilines is 2. The minimum absolute atomic E-state index is 0.127. The first-order valence-electron chi connectivity index (χ1n) is 9.48. The number of aryl methyl sites for hydroxylation is 2. The minimum atomic E-state index is -3.78. The van der Waals surface area contributed by atoms with Crippen LogP contribution >= 0.6 is 23.1 Å². The van der Waals surface area contributed by atoms with E-state index in [9.17, 15) is 13.2 Å². The molecule has 31 heavy (non-hydrogen) atoms. The van der Waals surface area contributed by atoms with Gasteiger partial charge in [0.1, 0.15) is 0 Å². The van der Waals surface area contributed by atoms with Crippen LogP contribution in [0.15, 0.2) is 52.0 Å². The lowest BCUT2D eigenvalue weighted by atomic mass is 10.2. The fraction of sp³-hybridized carbons (Fsp3) is 0.300. The summed E-state index contributed by atoms with van der Waals surface area (Å²) in [7, 11) is -3.78. The van der Waals surface area contributed by atoms with Crippen molar-refractivity contribution in [1.29, 1.82) is 0 Å². The van der Waals surface area contributed by atoms with E-state index in [1.165, 1.54) is 27.8 Å². The molecular weight excluding hydrogens is 454 g/mol. The molecule has 0 fully saturated rings. The number of carbonyl (C=O) groups is 1. The molecule has 0 aliphatic rings. The lowest BCUT2D eigenvalue weighted by Gasteiger charge is -2.23. The fourth-order valence-corrected chi connectivity index (χ4v) is 5.93. The van der Waals surface area contributed by atoms with Crippen molar-refractivity contribution < 1.29 is 13.2 Å². The van der Waals surface area contributed by atoms with Crippen molar-refractivity contribution in [3.8, 4) is 0 Å². The topological polar surface area (TPSA) is 105 Å². The molecule has 0 bridgehead atoms. The van der Waals surface area contributed by atoms with Gasteiger partial charge in [0, 0.05) is 47.0 Å². The fourth-order valence-electron chi connectivity index (χ4n) is 2.75. The lowest BCUT2D eigenvalue weighted by molar-refractivity contribution is 0.269. The van der Waals surface area contributed by atoms with E-state index in [1.54, 1.807) is 23.7 Å². The predicted molar refractivity (Wildman–Crippen MR) is 124 cm³/mol. The first-order valence-corrected chi connectivity index (χ1v) is 12.6. The molecule has 0 saturated heterocycles. The number of nitrogens with zero attached hydrogens (tertiary/aromatic N) is 4. The van der Waals surface area contributed by atoms with Crippen LogP contribution in [0, 0.1) is 19.8 Å². The number of carbonyl (C=O) groups excluding carboxylic acids is 1.